The first-order valence-electron chi connectivity index (χ1n) is 8.51. The number of nitrogens with zero attached hydrogens (tertiary/aromatic N) is 2. The van der Waals surface area contributed by atoms with Crippen molar-refractivity contribution in [2.75, 3.05) is 23.0 Å². The molecule has 0 saturated carbocycles. The molecule has 2 amide bonds. The van der Waals surface area contributed by atoms with Crippen LogP contribution in [0.4, 0.5) is 11.4 Å². The van der Waals surface area contributed by atoms with E-state index in [-0.39, 0.29) is 5.57 Å². The van der Waals surface area contributed by atoms with Crippen molar-refractivity contribution < 1.29 is 9.59 Å². The van der Waals surface area contributed by atoms with E-state index in [1.165, 1.54) is 5.01 Å². The quantitative estimate of drug-likeness (QED) is 0.646. The summed E-state index contributed by atoms with van der Waals surface area (Å²) in [6.07, 6.45) is 1.61. The lowest BCUT2D eigenvalue weighted by atomic mass is 10.1. The number of hydrogen-bond acceptors (Lipinski definition) is 3. The summed E-state index contributed by atoms with van der Waals surface area (Å²) in [5.41, 5.74) is 5.11. The van der Waals surface area contributed by atoms with Crippen molar-refractivity contribution in [3.05, 3.63) is 64.7 Å². The van der Waals surface area contributed by atoms with E-state index in [4.69, 9.17) is 11.6 Å². The second-order valence-electron chi connectivity index (χ2n) is 5.88. The number of halogens is 1. The van der Waals surface area contributed by atoms with E-state index in [9.17, 15) is 9.59 Å². The van der Waals surface area contributed by atoms with Gasteiger partial charge < -0.3 is 4.90 Å². The van der Waals surface area contributed by atoms with Crippen molar-refractivity contribution in [1.82, 2.24) is 5.43 Å². The van der Waals surface area contributed by atoms with Gasteiger partial charge in [-0.2, -0.15) is 0 Å². The van der Waals surface area contributed by atoms with E-state index >= 15 is 0 Å². The first-order chi connectivity index (χ1) is 12.5. The third-order valence-electron chi connectivity index (χ3n) is 4.29. The molecule has 5 nitrogen and oxygen atoms in total. The molecule has 3 rings (SSSR count). The van der Waals surface area contributed by atoms with Gasteiger partial charge in [-0.25, -0.2) is 5.01 Å². The normalized spacial score (nSPS) is 15.5. The number of anilines is 2. The van der Waals surface area contributed by atoms with Crippen molar-refractivity contribution >= 4 is 40.9 Å². The van der Waals surface area contributed by atoms with Gasteiger partial charge in [-0.15, -0.1) is 0 Å². The zero-order valence-corrected chi connectivity index (χ0v) is 15.5. The van der Waals surface area contributed by atoms with Crippen LogP contribution >= 0.6 is 11.6 Å². The Labute approximate surface area is 157 Å². The second kappa shape index (κ2) is 7.62. The predicted molar refractivity (Wildman–Crippen MR) is 105 cm³/mol. The van der Waals surface area contributed by atoms with Crippen LogP contribution in [-0.2, 0) is 9.59 Å². The van der Waals surface area contributed by atoms with Crippen LogP contribution in [0.3, 0.4) is 0 Å². The molecule has 0 spiro atoms. The Bertz CT molecular complexity index is 858. The lowest BCUT2D eigenvalue weighted by Gasteiger charge is -2.20. The van der Waals surface area contributed by atoms with Crippen LogP contribution < -0.4 is 15.3 Å². The average molecular weight is 370 g/mol. The zero-order valence-electron chi connectivity index (χ0n) is 14.7. The number of benzene rings is 2. The van der Waals surface area contributed by atoms with Gasteiger partial charge in [0.2, 0.25) is 0 Å². The fourth-order valence-electron chi connectivity index (χ4n) is 2.89. The summed E-state index contributed by atoms with van der Waals surface area (Å²) in [7, 11) is 0. The largest absolute Gasteiger partial charge is 0.372 e. The predicted octanol–water partition coefficient (Wildman–Crippen LogP) is 3.65. The minimum atomic E-state index is -0.428. The maximum atomic E-state index is 12.6. The molecule has 26 heavy (non-hydrogen) atoms. The molecule has 1 saturated heterocycles. The van der Waals surface area contributed by atoms with E-state index in [1.807, 2.05) is 24.3 Å². The maximum Gasteiger partial charge on any atom is 0.282 e. The Kier molecular flexibility index (Phi) is 5.28. The van der Waals surface area contributed by atoms with Crippen molar-refractivity contribution in [2.45, 2.75) is 13.8 Å². The van der Waals surface area contributed by atoms with E-state index in [2.05, 4.69) is 24.2 Å². The van der Waals surface area contributed by atoms with Gasteiger partial charge in [0.15, 0.2) is 0 Å². The van der Waals surface area contributed by atoms with Crippen LogP contribution in [0.5, 0.6) is 0 Å². The molecule has 1 aliphatic rings. The Balaban J connectivity index is 1.84. The minimum absolute atomic E-state index is 0.0977. The van der Waals surface area contributed by atoms with Crippen LogP contribution in [0.25, 0.3) is 6.08 Å². The molecular formula is C20H20ClN3O2. The fourth-order valence-corrected chi connectivity index (χ4v) is 3.08. The minimum Gasteiger partial charge on any atom is -0.372 e. The van der Waals surface area contributed by atoms with Gasteiger partial charge in [0, 0.05) is 23.8 Å². The number of carbonyl (C=O) groups excluding carboxylic acids is 2. The van der Waals surface area contributed by atoms with Gasteiger partial charge >= 0.3 is 0 Å². The van der Waals surface area contributed by atoms with E-state index in [1.54, 1.807) is 30.3 Å². The summed E-state index contributed by atoms with van der Waals surface area (Å²) >= 11 is 5.97. The highest BCUT2D eigenvalue weighted by Gasteiger charge is 2.34. The maximum absolute atomic E-state index is 12.6. The van der Waals surface area contributed by atoms with Gasteiger partial charge in [-0.3, -0.25) is 15.0 Å². The summed E-state index contributed by atoms with van der Waals surface area (Å²) in [6, 6.07) is 14.6. The first-order valence-corrected chi connectivity index (χ1v) is 8.89. The molecule has 1 fully saturated rings. The van der Waals surface area contributed by atoms with Gasteiger partial charge in [-0.1, -0.05) is 29.8 Å². The molecule has 0 atom stereocenters. The molecule has 0 radical (unpaired) electrons. The van der Waals surface area contributed by atoms with Crippen molar-refractivity contribution in [3.63, 3.8) is 0 Å². The Hall–Kier alpha value is -2.79. The summed E-state index contributed by atoms with van der Waals surface area (Å²) in [5.74, 6) is -0.826. The number of carbonyl (C=O) groups is 2. The molecule has 134 valence electrons. The lowest BCUT2D eigenvalue weighted by molar-refractivity contribution is -0.117. The standard InChI is InChI=1S/C20H20ClN3O2/c1-3-23(4-2)16-10-8-14(9-11-16)12-18-19(25)22-24(20(18)26)17-7-5-6-15(21)13-17/h5-13H,3-4H2,1-2H3,(H,22,25)/b18-12+. The SMILES string of the molecule is CCN(CC)c1ccc(/C=C2\C(=O)NN(c3cccc(Cl)c3)C2=O)cc1. The molecule has 0 aromatic heterocycles. The van der Waals surface area contributed by atoms with Crippen molar-refractivity contribution in [2.24, 2.45) is 0 Å². The third-order valence-corrected chi connectivity index (χ3v) is 4.53. The molecule has 6 heteroatoms. The topological polar surface area (TPSA) is 52.7 Å². The number of amides is 2. The molecule has 1 aliphatic heterocycles. The molecule has 2 aromatic carbocycles. The molecule has 1 N–H and O–H groups in total. The first kappa shape index (κ1) is 18.0. The van der Waals surface area contributed by atoms with Gasteiger partial charge in [0.25, 0.3) is 11.8 Å². The smallest absolute Gasteiger partial charge is 0.282 e. The summed E-state index contributed by atoms with van der Waals surface area (Å²) in [5, 5.41) is 1.71. The molecule has 1 heterocycles. The Morgan fingerprint density at radius 2 is 1.77 bits per heavy atom. The van der Waals surface area contributed by atoms with Crippen molar-refractivity contribution in [3.8, 4) is 0 Å². The van der Waals surface area contributed by atoms with Gasteiger partial charge in [-0.05, 0) is 55.8 Å². The average Bonchev–Trinajstić information content (AvgIpc) is 2.92. The van der Waals surface area contributed by atoms with Crippen LogP contribution in [-0.4, -0.2) is 24.9 Å². The number of hydrazine groups is 1. The van der Waals surface area contributed by atoms with Crippen molar-refractivity contribution in [1.29, 1.82) is 0 Å². The highest BCUT2D eigenvalue weighted by Crippen LogP contribution is 2.24. The summed E-state index contributed by atoms with van der Waals surface area (Å²) < 4.78 is 0. The second-order valence-corrected chi connectivity index (χ2v) is 6.32. The zero-order chi connectivity index (χ0) is 18.7. The fraction of sp³-hybridized carbons (Fsp3) is 0.200. The Morgan fingerprint density at radius 3 is 2.38 bits per heavy atom. The molecule has 0 bridgehead atoms. The van der Waals surface area contributed by atoms with E-state index < -0.39 is 11.8 Å². The lowest BCUT2D eigenvalue weighted by Crippen LogP contribution is -2.35. The van der Waals surface area contributed by atoms with Crippen LogP contribution in [0.2, 0.25) is 5.02 Å². The highest BCUT2D eigenvalue weighted by molar-refractivity contribution is 6.33. The van der Waals surface area contributed by atoms with Crippen LogP contribution in [0, 0.1) is 0 Å². The summed E-state index contributed by atoms with van der Waals surface area (Å²) in [4.78, 5) is 27.1. The van der Waals surface area contributed by atoms with Gasteiger partial charge in [0.1, 0.15) is 5.57 Å². The molecular weight excluding hydrogens is 350 g/mol. The van der Waals surface area contributed by atoms with Crippen LogP contribution in [0.15, 0.2) is 54.1 Å². The van der Waals surface area contributed by atoms with E-state index in [0.717, 1.165) is 24.3 Å². The number of nitrogens with one attached hydrogen (secondary N) is 1. The van der Waals surface area contributed by atoms with Gasteiger partial charge in [0.05, 0.1) is 5.69 Å². The summed E-state index contributed by atoms with van der Waals surface area (Å²) in [6.45, 7) is 6.05. The number of hydrogen-bond donors (Lipinski definition) is 1. The molecule has 2 aromatic rings. The monoisotopic (exact) mass is 369 g/mol. The number of rotatable bonds is 5. The molecule has 0 unspecified atom stereocenters. The molecule has 0 aliphatic carbocycles. The Morgan fingerprint density at radius 1 is 1.08 bits per heavy atom. The third kappa shape index (κ3) is 3.58. The van der Waals surface area contributed by atoms with Crippen LogP contribution in [0.1, 0.15) is 19.4 Å². The van der Waals surface area contributed by atoms with E-state index in [0.29, 0.717) is 10.7 Å². The highest BCUT2D eigenvalue weighted by atomic mass is 35.5.